The second-order valence-corrected chi connectivity index (χ2v) is 3.90. The standard InChI is InChI=1S/C7H12FNO2S/c1-12-6-2-4-9(5-3-6)7(10)11-8/h6H,2-5H2,1H3. The van der Waals surface area contributed by atoms with Crippen molar-refractivity contribution in [3.05, 3.63) is 0 Å². The number of nitrogens with zero attached hydrogens (tertiary/aromatic N) is 1. The molecule has 0 aromatic rings. The number of hydrogen-bond donors (Lipinski definition) is 0. The highest BCUT2D eigenvalue weighted by Crippen LogP contribution is 2.21. The summed E-state index contributed by atoms with van der Waals surface area (Å²) < 4.78 is 11.5. The van der Waals surface area contributed by atoms with Crippen LogP contribution in [-0.2, 0) is 4.94 Å². The number of carbonyl (C=O) groups excluding carboxylic acids is 1. The molecule has 0 radical (unpaired) electrons. The van der Waals surface area contributed by atoms with Crippen molar-refractivity contribution in [3.63, 3.8) is 0 Å². The Morgan fingerprint density at radius 2 is 2.17 bits per heavy atom. The molecule has 0 spiro atoms. The highest BCUT2D eigenvalue weighted by atomic mass is 32.2. The summed E-state index contributed by atoms with van der Waals surface area (Å²) in [7, 11) is 0. The van der Waals surface area contributed by atoms with Gasteiger partial charge in [0.25, 0.3) is 0 Å². The Hall–Kier alpha value is -0.450. The molecular formula is C7H12FNO2S. The third-order valence-electron chi connectivity index (χ3n) is 2.10. The zero-order valence-corrected chi connectivity index (χ0v) is 7.77. The molecule has 70 valence electrons. The monoisotopic (exact) mass is 193 g/mol. The van der Waals surface area contributed by atoms with E-state index in [0.717, 1.165) is 12.8 Å². The first kappa shape index (κ1) is 9.64. The van der Waals surface area contributed by atoms with Crippen LogP contribution in [0.2, 0.25) is 0 Å². The van der Waals surface area contributed by atoms with Crippen LogP contribution in [0.4, 0.5) is 9.32 Å². The van der Waals surface area contributed by atoms with Gasteiger partial charge in [-0.2, -0.15) is 11.8 Å². The Morgan fingerprint density at radius 1 is 1.58 bits per heavy atom. The summed E-state index contributed by atoms with van der Waals surface area (Å²) in [6.07, 6.45) is 3.05. The third-order valence-corrected chi connectivity index (χ3v) is 3.24. The highest BCUT2D eigenvalue weighted by molar-refractivity contribution is 7.99. The Labute approximate surface area is 75.1 Å². The number of halogens is 1. The van der Waals surface area contributed by atoms with Crippen LogP contribution < -0.4 is 0 Å². The molecule has 0 aromatic heterocycles. The van der Waals surface area contributed by atoms with Crippen molar-refractivity contribution in [3.8, 4) is 0 Å². The quantitative estimate of drug-likeness (QED) is 0.636. The summed E-state index contributed by atoms with van der Waals surface area (Å²) in [6, 6.07) is 0. The number of carbonyl (C=O) groups is 1. The summed E-state index contributed by atoms with van der Waals surface area (Å²) >= 11 is 1.79. The maximum Gasteiger partial charge on any atom is 0.447 e. The topological polar surface area (TPSA) is 29.5 Å². The van der Waals surface area contributed by atoms with Crippen LogP contribution in [0.15, 0.2) is 0 Å². The van der Waals surface area contributed by atoms with E-state index < -0.39 is 6.09 Å². The molecule has 0 unspecified atom stereocenters. The van der Waals surface area contributed by atoms with Crippen LogP contribution >= 0.6 is 11.8 Å². The normalized spacial score (nSPS) is 19.3. The molecular weight excluding hydrogens is 181 g/mol. The number of thioether (sulfide) groups is 1. The van der Waals surface area contributed by atoms with Crippen LogP contribution in [0.25, 0.3) is 0 Å². The van der Waals surface area contributed by atoms with E-state index in [4.69, 9.17) is 0 Å². The molecule has 1 heterocycles. The summed E-state index contributed by atoms with van der Waals surface area (Å²) in [5, 5.41) is 0.605. The Kier molecular flexibility index (Phi) is 3.65. The fraction of sp³-hybridized carbons (Fsp3) is 0.857. The number of likely N-dealkylation sites (tertiary alicyclic amines) is 1. The fourth-order valence-electron chi connectivity index (χ4n) is 1.32. The van der Waals surface area contributed by atoms with E-state index in [1.54, 1.807) is 11.8 Å². The summed E-state index contributed by atoms with van der Waals surface area (Å²) in [6.45, 7) is 1.21. The zero-order chi connectivity index (χ0) is 8.97. The van der Waals surface area contributed by atoms with Gasteiger partial charge in [0.1, 0.15) is 0 Å². The molecule has 1 saturated heterocycles. The molecule has 0 atom stereocenters. The average Bonchev–Trinajstić information content (AvgIpc) is 2.17. The van der Waals surface area contributed by atoms with Gasteiger partial charge in [-0.05, 0) is 19.1 Å². The lowest BCUT2D eigenvalue weighted by Gasteiger charge is -2.28. The van der Waals surface area contributed by atoms with Crippen molar-refractivity contribution in [1.82, 2.24) is 4.90 Å². The van der Waals surface area contributed by atoms with E-state index >= 15 is 0 Å². The van der Waals surface area contributed by atoms with Crippen LogP contribution in [-0.4, -0.2) is 35.6 Å². The number of rotatable bonds is 1. The molecule has 0 N–H and O–H groups in total. The number of amides is 1. The fourth-order valence-corrected chi connectivity index (χ4v) is 2.01. The summed E-state index contributed by atoms with van der Waals surface area (Å²) in [4.78, 5) is 15.2. The van der Waals surface area contributed by atoms with E-state index in [0.29, 0.717) is 18.3 Å². The molecule has 5 heteroatoms. The number of piperidine rings is 1. The van der Waals surface area contributed by atoms with Crippen LogP contribution in [0, 0.1) is 0 Å². The first-order chi connectivity index (χ1) is 5.77. The third kappa shape index (κ3) is 2.27. The number of hydrogen-bond acceptors (Lipinski definition) is 3. The first-order valence-electron chi connectivity index (χ1n) is 3.88. The molecule has 0 aliphatic carbocycles. The molecule has 3 nitrogen and oxygen atoms in total. The van der Waals surface area contributed by atoms with Crippen LogP contribution in [0.3, 0.4) is 0 Å². The maximum absolute atomic E-state index is 11.5. The lowest BCUT2D eigenvalue weighted by atomic mass is 10.1. The zero-order valence-electron chi connectivity index (χ0n) is 6.96. The molecule has 1 fully saturated rings. The Morgan fingerprint density at radius 3 is 2.58 bits per heavy atom. The summed E-state index contributed by atoms with van der Waals surface area (Å²) in [5.41, 5.74) is 0. The van der Waals surface area contributed by atoms with Crippen LogP contribution in [0.5, 0.6) is 0 Å². The van der Waals surface area contributed by atoms with E-state index in [1.165, 1.54) is 4.90 Å². The minimum Gasteiger partial charge on any atom is -0.306 e. The maximum atomic E-state index is 11.5. The van der Waals surface area contributed by atoms with Crippen LogP contribution in [0.1, 0.15) is 12.8 Å². The molecule has 12 heavy (non-hydrogen) atoms. The predicted molar refractivity (Wildman–Crippen MR) is 45.7 cm³/mol. The van der Waals surface area contributed by atoms with E-state index in [1.807, 2.05) is 6.26 Å². The highest BCUT2D eigenvalue weighted by Gasteiger charge is 2.23. The molecule has 0 bridgehead atoms. The van der Waals surface area contributed by atoms with Gasteiger partial charge < -0.3 is 4.90 Å². The van der Waals surface area contributed by atoms with Crippen molar-refractivity contribution in [2.24, 2.45) is 0 Å². The minimum absolute atomic E-state index is 0.605. The molecule has 0 aromatic carbocycles. The lowest BCUT2D eigenvalue weighted by Crippen LogP contribution is -2.38. The average molecular weight is 193 g/mol. The molecule has 1 aliphatic rings. The van der Waals surface area contributed by atoms with Gasteiger partial charge in [0.05, 0.1) is 0 Å². The lowest BCUT2D eigenvalue weighted by molar-refractivity contribution is -0.0809. The van der Waals surface area contributed by atoms with Gasteiger partial charge in [-0.15, -0.1) is 0 Å². The van der Waals surface area contributed by atoms with Gasteiger partial charge in [-0.1, -0.05) is 0 Å². The Bertz CT molecular complexity index is 159. The first-order valence-corrected chi connectivity index (χ1v) is 5.17. The van der Waals surface area contributed by atoms with Gasteiger partial charge >= 0.3 is 6.09 Å². The van der Waals surface area contributed by atoms with Crippen molar-refractivity contribution < 1.29 is 14.3 Å². The molecule has 1 rings (SSSR count). The molecule has 1 aliphatic heterocycles. The van der Waals surface area contributed by atoms with Gasteiger partial charge in [-0.25, -0.2) is 9.74 Å². The van der Waals surface area contributed by atoms with E-state index in [-0.39, 0.29) is 0 Å². The second kappa shape index (κ2) is 4.54. The molecule has 0 saturated carbocycles. The van der Waals surface area contributed by atoms with Crippen molar-refractivity contribution in [2.75, 3.05) is 19.3 Å². The predicted octanol–water partition coefficient (Wildman–Crippen LogP) is 1.83. The minimum atomic E-state index is -0.852. The van der Waals surface area contributed by atoms with E-state index in [2.05, 4.69) is 4.94 Å². The van der Waals surface area contributed by atoms with Gasteiger partial charge in [0.15, 0.2) is 0 Å². The molecule has 1 amide bonds. The Balaban J connectivity index is 2.30. The van der Waals surface area contributed by atoms with Crippen molar-refractivity contribution >= 4 is 17.9 Å². The summed E-state index contributed by atoms with van der Waals surface area (Å²) in [5.74, 6) is 0. The van der Waals surface area contributed by atoms with Gasteiger partial charge in [0, 0.05) is 22.9 Å². The van der Waals surface area contributed by atoms with E-state index in [9.17, 15) is 9.32 Å². The SMILES string of the molecule is CSC1CCN(C(=O)OF)CC1. The smallest absolute Gasteiger partial charge is 0.306 e. The van der Waals surface area contributed by atoms with Gasteiger partial charge in [-0.3, -0.25) is 0 Å². The van der Waals surface area contributed by atoms with Crippen molar-refractivity contribution in [1.29, 1.82) is 0 Å². The largest absolute Gasteiger partial charge is 0.447 e. The second-order valence-electron chi connectivity index (χ2n) is 2.77. The van der Waals surface area contributed by atoms with Crippen molar-refractivity contribution in [2.45, 2.75) is 18.1 Å². The van der Waals surface area contributed by atoms with Gasteiger partial charge in [0.2, 0.25) is 0 Å².